The van der Waals surface area contributed by atoms with Crippen LogP contribution in [0, 0.1) is 5.92 Å². The summed E-state index contributed by atoms with van der Waals surface area (Å²) in [6.45, 7) is 15.5. The van der Waals surface area contributed by atoms with Crippen LogP contribution < -0.4 is 0 Å². The van der Waals surface area contributed by atoms with E-state index in [1.807, 2.05) is 26.0 Å². The van der Waals surface area contributed by atoms with Crippen molar-refractivity contribution in [3.63, 3.8) is 0 Å². The molecule has 0 spiro atoms. The third kappa shape index (κ3) is 4.81. The van der Waals surface area contributed by atoms with Gasteiger partial charge < -0.3 is 9.53 Å². The molecule has 0 aliphatic rings. The highest BCUT2D eigenvalue weighted by molar-refractivity contribution is 6.74. The zero-order chi connectivity index (χ0) is 13.0. The van der Waals surface area contributed by atoms with Crippen molar-refractivity contribution in [2.45, 2.75) is 58.9 Å². The molecule has 0 saturated carbocycles. The predicted octanol–water partition coefficient (Wildman–Crippen LogP) is 3.58. The van der Waals surface area contributed by atoms with Crippen molar-refractivity contribution in [1.29, 1.82) is 0 Å². The molecule has 1 N–H and O–H groups in total. The summed E-state index contributed by atoms with van der Waals surface area (Å²) in [6, 6.07) is 0. The summed E-state index contributed by atoms with van der Waals surface area (Å²) >= 11 is 0. The van der Waals surface area contributed by atoms with Gasteiger partial charge in [-0.25, -0.2) is 0 Å². The minimum atomic E-state index is -1.72. The van der Waals surface area contributed by atoms with E-state index in [-0.39, 0.29) is 11.0 Å². The minimum absolute atomic E-state index is 0.162. The first kappa shape index (κ1) is 15.9. The number of aliphatic hydroxyl groups excluding tert-OH is 1. The topological polar surface area (TPSA) is 29.5 Å². The Morgan fingerprint density at radius 1 is 1.31 bits per heavy atom. The maximum atomic E-state index is 9.92. The van der Waals surface area contributed by atoms with Gasteiger partial charge in [-0.15, -0.1) is 0 Å². The Morgan fingerprint density at radius 3 is 2.19 bits per heavy atom. The Kier molecular flexibility index (Phi) is 5.94. The molecule has 3 heteroatoms. The van der Waals surface area contributed by atoms with Crippen LogP contribution in [0.2, 0.25) is 18.1 Å². The highest BCUT2D eigenvalue weighted by atomic mass is 28.4. The molecule has 0 radical (unpaired) electrons. The molecule has 0 saturated heterocycles. The molecule has 0 heterocycles. The largest absolute Gasteiger partial charge is 0.414 e. The first-order valence-electron chi connectivity index (χ1n) is 6.06. The van der Waals surface area contributed by atoms with E-state index in [4.69, 9.17) is 4.43 Å². The fraction of sp³-hybridized carbons (Fsp3) is 0.846. The van der Waals surface area contributed by atoms with Crippen LogP contribution in [-0.4, -0.2) is 26.1 Å². The van der Waals surface area contributed by atoms with Crippen molar-refractivity contribution in [3.05, 3.63) is 12.2 Å². The lowest BCUT2D eigenvalue weighted by molar-refractivity contribution is 0.0730. The highest BCUT2D eigenvalue weighted by Crippen LogP contribution is 2.36. The molecular formula is C13H28O2Si. The second kappa shape index (κ2) is 5.99. The Morgan fingerprint density at radius 2 is 1.81 bits per heavy atom. The second-order valence-electron chi connectivity index (χ2n) is 6.02. The van der Waals surface area contributed by atoms with Gasteiger partial charge in [0, 0.05) is 5.92 Å². The summed E-state index contributed by atoms with van der Waals surface area (Å²) in [5.41, 5.74) is 0. The SMILES string of the molecule is C/C=C\[C@@H](C)[C@H](O)CO[Si](C)(C)C(C)(C)C. The van der Waals surface area contributed by atoms with Gasteiger partial charge in [0.15, 0.2) is 8.32 Å². The van der Waals surface area contributed by atoms with Crippen molar-refractivity contribution in [1.82, 2.24) is 0 Å². The lowest BCUT2D eigenvalue weighted by Gasteiger charge is -2.37. The Bertz CT molecular complexity index is 229. The van der Waals surface area contributed by atoms with Gasteiger partial charge in [-0.2, -0.15) is 0 Å². The van der Waals surface area contributed by atoms with E-state index in [0.29, 0.717) is 6.61 Å². The third-order valence-corrected chi connectivity index (χ3v) is 8.02. The van der Waals surface area contributed by atoms with Crippen LogP contribution in [0.4, 0.5) is 0 Å². The molecule has 0 bridgehead atoms. The smallest absolute Gasteiger partial charge is 0.192 e. The Balaban J connectivity index is 4.25. The molecule has 16 heavy (non-hydrogen) atoms. The fourth-order valence-corrected chi connectivity index (χ4v) is 2.11. The van der Waals surface area contributed by atoms with E-state index >= 15 is 0 Å². The molecule has 0 unspecified atom stereocenters. The molecule has 0 fully saturated rings. The van der Waals surface area contributed by atoms with Crippen LogP contribution in [0.15, 0.2) is 12.2 Å². The van der Waals surface area contributed by atoms with Gasteiger partial charge in [-0.3, -0.25) is 0 Å². The second-order valence-corrected chi connectivity index (χ2v) is 10.8. The number of hydrogen-bond acceptors (Lipinski definition) is 2. The van der Waals surface area contributed by atoms with E-state index in [1.165, 1.54) is 0 Å². The molecule has 0 aliphatic heterocycles. The van der Waals surface area contributed by atoms with Crippen LogP contribution in [0.25, 0.3) is 0 Å². The standard InChI is InChI=1S/C13H28O2Si/c1-8-9-11(2)12(14)10-15-16(6,7)13(3,4)5/h8-9,11-12,14H,10H2,1-7H3/b9-8-/t11-,12-/m1/s1. The van der Waals surface area contributed by atoms with Gasteiger partial charge in [-0.05, 0) is 25.1 Å². The first-order chi connectivity index (χ1) is 7.12. The first-order valence-corrected chi connectivity index (χ1v) is 8.97. The van der Waals surface area contributed by atoms with E-state index in [9.17, 15) is 5.11 Å². The van der Waals surface area contributed by atoms with Crippen LogP contribution in [0.3, 0.4) is 0 Å². The maximum absolute atomic E-state index is 9.92. The summed E-state index contributed by atoms with van der Waals surface area (Å²) in [7, 11) is -1.72. The number of allylic oxidation sites excluding steroid dienone is 1. The van der Waals surface area contributed by atoms with Crippen molar-refractivity contribution in [2.24, 2.45) is 5.92 Å². The van der Waals surface area contributed by atoms with Crippen LogP contribution in [-0.2, 0) is 4.43 Å². The van der Waals surface area contributed by atoms with Crippen molar-refractivity contribution in [3.8, 4) is 0 Å². The molecular weight excluding hydrogens is 216 g/mol. The molecule has 0 amide bonds. The van der Waals surface area contributed by atoms with Gasteiger partial charge in [0.2, 0.25) is 0 Å². The summed E-state index contributed by atoms with van der Waals surface area (Å²) in [6.07, 6.45) is 3.59. The van der Waals surface area contributed by atoms with Gasteiger partial charge in [0.05, 0.1) is 12.7 Å². The Hall–Kier alpha value is -0.123. The average molecular weight is 244 g/mol. The molecule has 0 aliphatic carbocycles. The van der Waals surface area contributed by atoms with Gasteiger partial charge >= 0.3 is 0 Å². The van der Waals surface area contributed by atoms with Crippen molar-refractivity contribution in [2.75, 3.05) is 6.61 Å². The van der Waals surface area contributed by atoms with E-state index < -0.39 is 14.4 Å². The molecule has 0 aromatic rings. The molecule has 0 aromatic carbocycles. The molecule has 0 rings (SSSR count). The quantitative estimate of drug-likeness (QED) is 0.591. The van der Waals surface area contributed by atoms with E-state index in [1.54, 1.807) is 0 Å². The van der Waals surface area contributed by atoms with E-state index in [2.05, 4.69) is 33.9 Å². The van der Waals surface area contributed by atoms with Crippen molar-refractivity contribution < 1.29 is 9.53 Å². The molecule has 0 aromatic heterocycles. The zero-order valence-electron chi connectivity index (χ0n) is 11.9. The third-order valence-electron chi connectivity index (χ3n) is 3.52. The minimum Gasteiger partial charge on any atom is -0.414 e. The average Bonchev–Trinajstić information content (AvgIpc) is 2.12. The summed E-state index contributed by atoms with van der Waals surface area (Å²) in [5, 5.41) is 10.1. The lowest BCUT2D eigenvalue weighted by Crippen LogP contribution is -2.43. The fourth-order valence-electron chi connectivity index (χ4n) is 1.09. The molecule has 96 valence electrons. The zero-order valence-corrected chi connectivity index (χ0v) is 12.9. The number of aliphatic hydroxyl groups is 1. The van der Waals surface area contributed by atoms with Gasteiger partial charge in [-0.1, -0.05) is 39.8 Å². The summed E-state index contributed by atoms with van der Waals surface area (Å²) in [5.74, 6) is 0.162. The van der Waals surface area contributed by atoms with Crippen LogP contribution in [0.1, 0.15) is 34.6 Å². The normalized spacial score (nSPS) is 17.8. The van der Waals surface area contributed by atoms with Gasteiger partial charge in [0.25, 0.3) is 0 Å². The number of rotatable bonds is 5. The molecule has 2 atom stereocenters. The number of hydrogen-bond donors (Lipinski definition) is 1. The molecule has 2 nitrogen and oxygen atoms in total. The van der Waals surface area contributed by atoms with E-state index in [0.717, 1.165) is 0 Å². The summed E-state index contributed by atoms with van der Waals surface area (Å²) < 4.78 is 5.98. The lowest BCUT2D eigenvalue weighted by atomic mass is 10.1. The maximum Gasteiger partial charge on any atom is 0.192 e. The van der Waals surface area contributed by atoms with Crippen molar-refractivity contribution >= 4 is 8.32 Å². The van der Waals surface area contributed by atoms with Crippen LogP contribution >= 0.6 is 0 Å². The van der Waals surface area contributed by atoms with Crippen LogP contribution in [0.5, 0.6) is 0 Å². The summed E-state index contributed by atoms with van der Waals surface area (Å²) in [4.78, 5) is 0. The monoisotopic (exact) mass is 244 g/mol. The predicted molar refractivity (Wildman–Crippen MR) is 73.1 cm³/mol. The van der Waals surface area contributed by atoms with Gasteiger partial charge in [0.1, 0.15) is 0 Å². The highest BCUT2D eigenvalue weighted by Gasteiger charge is 2.37. The Labute approximate surface area is 102 Å².